The lowest BCUT2D eigenvalue weighted by Crippen LogP contribution is -2.38. The Morgan fingerprint density at radius 3 is 2.60 bits per heavy atom. The van der Waals surface area contributed by atoms with Gasteiger partial charge in [-0.3, -0.25) is 4.79 Å². The Labute approximate surface area is 122 Å². The fourth-order valence-corrected chi connectivity index (χ4v) is 3.39. The zero-order chi connectivity index (χ0) is 14.7. The van der Waals surface area contributed by atoms with Crippen molar-refractivity contribution in [2.24, 2.45) is 5.92 Å². The van der Waals surface area contributed by atoms with Crippen molar-refractivity contribution < 1.29 is 14.7 Å². The zero-order valence-electron chi connectivity index (χ0n) is 11.8. The van der Waals surface area contributed by atoms with E-state index in [0.29, 0.717) is 12.3 Å². The molecule has 1 N–H and O–H groups in total. The molecule has 20 heavy (non-hydrogen) atoms. The number of piperidine rings is 1. The van der Waals surface area contributed by atoms with Crippen LogP contribution in [-0.2, 0) is 4.79 Å². The van der Waals surface area contributed by atoms with E-state index in [4.69, 9.17) is 5.11 Å². The van der Waals surface area contributed by atoms with Gasteiger partial charge in [0.2, 0.25) is 5.91 Å². The summed E-state index contributed by atoms with van der Waals surface area (Å²) in [6.07, 6.45) is 2.35. The molecule has 0 aliphatic carbocycles. The van der Waals surface area contributed by atoms with Crippen LogP contribution in [0.5, 0.6) is 0 Å². The number of carbonyl (C=O) groups is 2. The second kappa shape index (κ2) is 6.35. The van der Waals surface area contributed by atoms with E-state index in [1.54, 1.807) is 5.38 Å². The number of carboxylic acids is 1. The van der Waals surface area contributed by atoms with Crippen molar-refractivity contribution in [1.82, 2.24) is 9.88 Å². The third-order valence-corrected chi connectivity index (χ3v) is 4.53. The Balaban J connectivity index is 1.90. The summed E-state index contributed by atoms with van der Waals surface area (Å²) in [6, 6.07) is 0. The van der Waals surface area contributed by atoms with Crippen molar-refractivity contribution >= 4 is 23.2 Å². The molecule has 2 heterocycles. The molecule has 1 amide bonds. The highest BCUT2D eigenvalue weighted by Gasteiger charge is 2.26. The number of carboxylic acid groups (broad SMARTS) is 1. The molecular formula is C14H20N2O3S. The van der Waals surface area contributed by atoms with E-state index >= 15 is 0 Å². The molecule has 5 nitrogen and oxygen atoms in total. The van der Waals surface area contributed by atoms with E-state index in [2.05, 4.69) is 4.98 Å². The van der Waals surface area contributed by atoms with E-state index < -0.39 is 5.97 Å². The Morgan fingerprint density at radius 1 is 1.45 bits per heavy atom. The molecule has 6 heteroatoms. The van der Waals surface area contributed by atoms with Gasteiger partial charge in [0, 0.05) is 30.8 Å². The fraction of sp³-hybridized carbons (Fsp3) is 0.643. The predicted octanol–water partition coefficient (Wildman–Crippen LogP) is 2.59. The van der Waals surface area contributed by atoms with Gasteiger partial charge in [-0.15, -0.1) is 11.3 Å². The van der Waals surface area contributed by atoms with Crippen LogP contribution >= 0.6 is 11.3 Å². The molecule has 1 aromatic heterocycles. The molecule has 0 spiro atoms. The number of aromatic nitrogens is 1. The van der Waals surface area contributed by atoms with Gasteiger partial charge in [0.25, 0.3) is 0 Å². The maximum atomic E-state index is 12.0. The van der Waals surface area contributed by atoms with Gasteiger partial charge >= 0.3 is 5.97 Å². The van der Waals surface area contributed by atoms with Crippen molar-refractivity contribution in [2.75, 3.05) is 13.1 Å². The first kappa shape index (κ1) is 15.0. The summed E-state index contributed by atoms with van der Waals surface area (Å²) in [5.41, 5.74) is 0.128. The van der Waals surface area contributed by atoms with E-state index in [-0.39, 0.29) is 17.5 Å². The average Bonchev–Trinajstić information content (AvgIpc) is 2.88. The molecule has 110 valence electrons. The Bertz CT molecular complexity index is 490. The van der Waals surface area contributed by atoms with Crippen LogP contribution in [0.15, 0.2) is 5.38 Å². The van der Waals surface area contributed by atoms with Crippen LogP contribution in [0.2, 0.25) is 0 Å². The maximum absolute atomic E-state index is 12.0. The van der Waals surface area contributed by atoms with Gasteiger partial charge in [-0.25, -0.2) is 9.78 Å². The van der Waals surface area contributed by atoms with Gasteiger partial charge < -0.3 is 10.0 Å². The summed E-state index contributed by atoms with van der Waals surface area (Å²) in [5.74, 6) is -0.0747. The Hall–Kier alpha value is -1.43. The third-order valence-electron chi connectivity index (χ3n) is 3.52. The van der Waals surface area contributed by atoms with E-state index in [9.17, 15) is 9.59 Å². The van der Waals surface area contributed by atoms with E-state index in [1.165, 1.54) is 11.3 Å². The maximum Gasteiger partial charge on any atom is 0.355 e. The molecule has 0 bridgehead atoms. The molecular weight excluding hydrogens is 276 g/mol. The molecule has 0 atom stereocenters. The van der Waals surface area contributed by atoms with Gasteiger partial charge in [0.1, 0.15) is 0 Å². The smallest absolute Gasteiger partial charge is 0.355 e. The third kappa shape index (κ3) is 3.56. The number of likely N-dealkylation sites (tertiary alicyclic amines) is 1. The van der Waals surface area contributed by atoms with Crippen molar-refractivity contribution in [3.05, 3.63) is 16.1 Å². The number of nitrogens with zero attached hydrogens (tertiary/aromatic N) is 2. The molecule has 0 radical (unpaired) electrons. The minimum atomic E-state index is -0.975. The van der Waals surface area contributed by atoms with E-state index in [0.717, 1.165) is 30.9 Å². The fourth-order valence-electron chi connectivity index (χ4n) is 2.43. The van der Waals surface area contributed by atoms with Crippen LogP contribution in [0.3, 0.4) is 0 Å². The van der Waals surface area contributed by atoms with Crippen LogP contribution in [0.1, 0.15) is 54.5 Å². The number of hydrogen-bond acceptors (Lipinski definition) is 4. The van der Waals surface area contributed by atoms with Crippen molar-refractivity contribution in [1.29, 1.82) is 0 Å². The SMILES string of the molecule is CC(C)CC(=O)N1CCC(c2nc(C(=O)O)cs2)CC1. The Kier molecular flexibility index (Phi) is 4.75. The number of amides is 1. The summed E-state index contributed by atoms with van der Waals surface area (Å²) < 4.78 is 0. The lowest BCUT2D eigenvalue weighted by Gasteiger charge is -2.31. The highest BCUT2D eigenvalue weighted by molar-refractivity contribution is 7.09. The summed E-state index contributed by atoms with van der Waals surface area (Å²) in [7, 11) is 0. The van der Waals surface area contributed by atoms with Gasteiger partial charge in [0.05, 0.1) is 5.01 Å². The summed E-state index contributed by atoms with van der Waals surface area (Å²) >= 11 is 1.41. The van der Waals surface area contributed by atoms with Crippen LogP contribution in [0.4, 0.5) is 0 Å². The molecule has 1 saturated heterocycles. The molecule has 1 aliphatic heterocycles. The molecule has 0 unspecified atom stereocenters. The minimum absolute atomic E-state index is 0.128. The standard InChI is InChI=1S/C14H20N2O3S/c1-9(2)7-12(17)16-5-3-10(4-6-16)13-15-11(8-20-13)14(18)19/h8-10H,3-7H2,1-2H3,(H,18,19). The number of hydrogen-bond donors (Lipinski definition) is 1. The van der Waals surface area contributed by atoms with E-state index in [1.807, 2.05) is 18.7 Å². The quantitative estimate of drug-likeness (QED) is 0.927. The first-order valence-corrected chi connectivity index (χ1v) is 7.81. The lowest BCUT2D eigenvalue weighted by atomic mass is 9.97. The molecule has 1 aliphatic rings. The average molecular weight is 296 g/mol. The number of aromatic carboxylic acids is 1. The zero-order valence-corrected chi connectivity index (χ0v) is 12.7. The first-order valence-electron chi connectivity index (χ1n) is 6.94. The molecule has 0 saturated carbocycles. The summed E-state index contributed by atoms with van der Waals surface area (Å²) in [4.78, 5) is 28.9. The van der Waals surface area contributed by atoms with Crippen molar-refractivity contribution in [3.8, 4) is 0 Å². The summed E-state index contributed by atoms with van der Waals surface area (Å²) in [5, 5.41) is 11.4. The molecule has 1 aromatic rings. The number of carbonyl (C=O) groups excluding carboxylic acids is 1. The largest absolute Gasteiger partial charge is 0.476 e. The second-order valence-corrected chi connectivity index (χ2v) is 6.52. The highest BCUT2D eigenvalue weighted by Crippen LogP contribution is 2.30. The van der Waals surface area contributed by atoms with Gasteiger partial charge in [-0.2, -0.15) is 0 Å². The van der Waals surface area contributed by atoms with Gasteiger partial charge in [-0.1, -0.05) is 13.8 Å². The predicted molar refractivity (Wildman–Crippen MR) is 77.1 cm³/mol. The van der Waals surface area contributed by atoms with Crippen molar-refractivity contribution in [2.45, 2.75) is 39.0 Å². The monoisotopic (exact) mass is 296 g/mol. The van der Waals surface area contributed by atoms with Crippen LogP contribution in [0, 0.1) is 5.92 Å². The van der Waals surface area contributed by atoms with Crippen LogP contribution < -0.4 is 0 Å². The molecule has 0 aromatic carbocycles. The number of rotatable bonds is 4. The van der Waals surface area contributed by atoms with Gasteiger partial charge in [0.15, 0.2) is 5.69 Å². The normalized spacial score (nSPS) is 16.6. The highest BCUT2D eigenvalue weighted by atomic mass is 32.1. The topological polar surface area (TPSA) is 70.5 Å². The number of thiazole rings is 1. The summed E-state index contributed by atoms with van der Waals surface area (Å²) in [6.45, 7) is 5.59. The lowest BCUT2D eigenvalue weighted by molar-refractivity contribution is -0.133. The molecule has 2 rings (SSSR count). The molecule has 1 fully saturated rings. The van der Waals surface area contributed by atoms with Crippen molar-refractivity contribution in [3.63, 3.8) is 0 Å². The Morgan fingerprint density at radius 2 is 2.10 bits per heavy atom. The first-order chi connectivity index (χ1) is 9.47. The van der Waals surface area contributed by atoms with Crippen LogP contribution in [-0.4, -0.2) is 40.0 Å². The minimum Gasteiger partial charge on any atom is -0.476 e. The van der Waals surface area contributed by atoms with Gasteiger partial charge in [-0.05, 0) is 18.8 Å². The van der Waals surface area contributed by atoms with Crippen LogP contribution in [0.25, 0.3) is 0 Å². The second-order valence-electron chi connectivity index (χ2n) is 5.63.